The highest BCUT2D eigenvalue weighted by Gasteiger charge is 2.27. The van der Waals surface area contributed by atoms with E-state index < -0.39 is 10.0 Å². The van der Waals surface area contributed by atoms with Gasteiger partial charge in [-0.05, 0) is 49.7 Å². The minimum atomic E-state index is -3.89. The molecule has 0 radical (unpaired) electrons. The van der Waals surface area contributed by atoms with Crippen LogP contribution < -0.4 is 14.4 Å². The summed E-state index contributed by atoms with van der Waals surface area (Å²) in [4.78, 5) is 12.4. The van der Waals surface area contributed by atoms with E-state index in [4.69, 9.17) is 4.74 Å². The van der Waals surface area contributed by atoms with Crippen LogP contribution in [0.3, 0.4) is 0 Å². The zero-order valence-corrected chi connectivity index (χ0v) is 16.5. The summed E-state index contributed by atoms with van der Waals surface area (Å²) in [7, 11) is -3.89. The smallest absolute Gasteiger partial charge is 0.264 e. The largest absolute Gasteiger partial charge is 0.494 e. The Morgan fingerprint density at radius 2 is 1.70 bits per heavy atom. The normalized spacial score (nSPS) is 11.0. The average molecular weight is 391 g/mol. The van der Waals surface area contributed by atoms with E-state index in [2.05, 4.69) is 5.32 Å². The molecule has 27 heavy (non-hydrogen) atoms. The number of hydrogen-bond acceptors (Lipinski definition) is 4. The number of anilines is 1. The van der Waals surface area contributed by atoms with Gasteiger partial charge < -0.3 is 10.1 Å². The summed E-state index contributed by atoms with van der Waals surface area (Å²) in [6.45, 7) is 4.64. The molecule has 2 rings (SSSR count). The van der Waals surface area contributed by atoms with Gasteiger partial charge in [-0.25, -0.2) is 8.42 Å². The van der Waals surface area contributed by atoms with Crippen molar-refractivity contribution in [2.45, 2.75) is 31.6 Å². The maximum absolute atomic E-state index is 13.2. The highest BCUT2D eigenvalue weighted by atomic mass is 32.2. The van der Waals surface area contributed by atoms with E-state index in [0.717, 1.165) is 17.1 Å². The second-order valence-corrected chi connectivity index (χ2v) is 7.82. The zero-order chi connectivity index (χ0) is 19.7. The number of nitrogens with one attached hydrogen (secondary N) is 1. The van der Waals surface area contributed by atoms with Gasteiger partial charge in [0.1, 0.15) is 12.3 Å². The third-order valence-electron chi connectivity index (χ3n) is 3.91. The van der Waals surface area contributed by atoms with Crippen molar-refractivity contribution in [2.24, 2.45) is 0 Å². The van der Waals surface area contributed by atoms with Crippen LogP contribution in [0.1, 0.15) is 26.7 Å². The van der Waals surface area contributed by atoms with Crippen LogP contribution in [-0.2, 0) is 14.8 Å². The molecule has 0 heterocycles. The minimum absolute atomic E-state index is 0.108. The van der Waals surface area contributed by atoms with Crippen molar-refractivity contribution >= 4 is 21.6 Å². The average Bonchev–Trinajstić information content (AvgIpc) is 2.67. The highest BCUT2D eigenvalue weighted by molar-refractivity contribution is 7.92. The van der Waals surface area contributed by atoms with Gasteiger partial charge in [0.15, 0.2) is 0 Å². The summed E-state index contributed by atoms with van der Waals surface area (Å²) in [5, 5.41) is 2.77. The van der Waals surface area contributed by atoms with Crippen LogP contribution in [0.5, 0.6) is 5.75 Å². The van der Waals surface area contributed by atoms with Crippen molar-refractivity contribution in [1.82, 2.24) is 5.32 Å². The van der Waals surface area contributed by atoms with Crippen molar-refractivity contribution in [1.29, 1.82) is 0 Å². The van der Waals surface area contributed by atoms with Crippen molar-refractivity contribution in [3.05, 3.63) is 54.6 Å². The molecule has 7 heteroatoms. The Morgan fingerprint density at radius 1 is 1.04 bits per heavy atom. The van der Waals surface area contributed by atoms with Gasteiger partial charge in [-0.15, -0.1) is 0 Å². The van der Waals surface area contributed by atoms with Crippen molar-refractivity contribution < 1.29 is 17.9 Å². The van der Waals surface area contributed by atoms with Gasteiger partial charge >= 0.3 is 0 Å². The third kappa shape index (κ3) is 5.72. The lowest BCUT2D eigenvalue weighted by Gasteiger charge is -2.24. The molecule has 0 spiro atoms. The van der Waals surface area contributed by atoms with Crippen LogP contribution in [0.15, 0.2) is 59.5 Å². The molecule has 0 aliphatic rings. The van der Waals surface area contributed by atoms with Crippen molar-refractivity contribution in [3.8, 4) is 5.75 Å². The number of unbranched alkanes of at least 4 members (excludes halogenated alkanes) is 1. The number of benzene rings is 2. The van der Waals surface area contributed by atoms with Gasteiger partial charge in [-0.2, -0.15) is 0 Å². The van der Waals surface area contributed by atoms with E-state index in [-0.39, 0.29) is 17.3 Å². The van der Waals surface area contributed by atoms with Gasteiger partial charge in [0, 0.05) is 6.54 Å². The number of nitrogens with zero attached hydrogens (tertiary/aromatic N) is 1. The molecule has 0 bridgehead atoms. The van der Waals surface area contributed by atoms with E-state index >= 15 is 0 Å². The zero-order valence-electron chi connectivity index (χ0n) is 15.7. The molecule has 1 amide bonds. The molecular formula is C20H26N2O4S. The quantitative estimate of drug-likeness (QED) is 0.632. The van der Waals surface area contributed by atoms with E-state index in [9.17, 15) is 13.2 Å². The number of carbonyl (C=O) groups is 1. The summed E-state index contributed by atoms with van der Waals surface area (Å²) in [5.41, 5.74) is 0.442. The number of amides is 1. The van der Waals surface area contributed by atoms with Gasteiger partial charge in [0.05, 0.1) is 17.2 Å². The lowest BCUT2D eigenvalue weighted by Crippen LogP contribution is -2.41. The van der Waals surface area contributed by atoms with Crippen LogP contribution in [0.2, 0.25) is 0 Å². The Balaban J connectivity index is 2.29. The first kappa shape index (κ1) is 20.8. The van der Waals surface area contributed by atoms with E-state index in [1.165, 1.54) is 12.1 Å². The lowest BCUT2D eigenvalue weighted by atomic mass is 10.3. The molecule has 0 saturated carbocycles. The molecule has 146 valence electrons. The molecule has 0 saturated heterocycles. The maximum Gasteiger partial charge on any atom is 0.264 e. The molecule has 2 aromatic rings. The minimum Gasteiger partial charge on any atom is -0.494 e. The number of sulfonamides is 1. The topological polar surface area (TPSA) is 75.7 Å². The Hall–Kier alpha value is -2.54. The van der Waals surface area contributed by atoms with Crippen LogP contribution >= 0.6 is 0 Å². The van der Waals surface area contributed by atoms with Crippen LogP contribution in [0.25, 0.3) is 0 Å². The fourth-order valence-corrected chi connectivity index (χ4v) is 3.92. The number of hydrogen-bond donors (Lipinski definition) is 1. The molecule has 6 nitrogen and oxygen atoms in total. The first-order valence-electron chi connectivity index (χ1n) is 9.06. The van der Waals surface area contributed by atoms with Crippen LogP contribution in [0, 0.1) is 0 Å². The molecule has 0 atom stereocenters. The lowest BCUT2D eigenvalue weighted by molar-refractivity contribution is -0.119. The Kier molecular flexibility index (Phi) is 7.67. The van der Waals surface area contributed by atoms with E-state index in [1.807, 2.05) is 13.8 Å². The van der Waals surface area contributed by atoms with Gasteiger partial charge in [-0.3, -0.25) is 9.10 Å². The molecule has 2 aromatic carbocycles. The van der Waals surface area contributed by atoms with Crippen molar-refractivity contribution in [3.63, 3.8) is 0 Å². The van der Waals surface area contributed by atoms with Crippen LogP contribution in [-0.4, -0.2) is 34.0 Å². The van der Waals surface area contributed by atoms with Gasteiger partial charge in [0.2, 0.25) is 5.91 Å². The molecule has 1 N–H and O–H groups in total. The summed E-state index contributed by atoms with van der Waals surface area (Å²) in [6, 6.07) is 14.8. The number of para-hydroxylation sites is 1. The van der Waals surface area contributed by atoms with Crippen LogP contribution in [0.4, 0.5) is 5.69 Å². The molecule has 0 aliphatic heterocycles. The number of rotatable bonds is 10. The Bertz CT molecular complexity index is 821. The fourth-order valence-electron chi connectivity index (χ4n) is 2.50. The standard InChI is InChI=1S/C20H26N2O4S/c1-3-5-15-21-20(23)16-22(17-9-7-6-8-10-17)27(24,25)19-13-11-18(12-14-19)26-4-2/h6-14H,3-5,15-16H2,1-2H3,(H,21,23). The third-order valence-corrected chi connectivity index (χ3v) is 5.69. The van der Waals surface area contributed by atoms with Gasteiger partial charge in [0.25, 0.3) is 10.0 Å². The number of ether oxygens (including phenoxy) is 1. The summed E-state index contributed by atoms with van der Waals surface area (Å²) >= 11 is 0. The molecule has 0 fully saturated rings. The Morgan fingerprint density at radius 3 is 2.30 bits per heavy atom. The first-order valence-corrected chi connectivity index (χ1v) is 10.5. The predicted octanol–water partition coefficient (Wildman–Crippen LogP) is 3.20. The van der Waals surface area contributed by atoms with Crippen molar-refractivity contribution in [2.75, 3.05) is 24.0 Å². The molecule has 0 unspecified atom stereocenters. The van der Waals surface area contributed by atoms with E-state index in [1.54, 1.807) is 42.5 Å². The predicted molar refractivity (Wildman–Crippen MR) is 107 cm³/mol. The SMILES string of the molecule is CCCCNC(=O)CN(c1ccccc1)S(=O)(=O)c1ccc(OCC)cc1. The maximum atomic E-state index is 13.2. The Labute approximate surface area is 161 Å². The number of carbonyl (C=O) groups excluding carboxylic acids is 1. The summed E-state index contributed by atoms with van der Waals surface area (Å²) < 4.78 is 32.8. The molecular weight excluding hydrogens is 364 g/mol. The highest BCUT2D eigenvalue weighted by Crippen LogP contribution is 2.24. The molecule has 0 aliphatic carbocycles. The fraction of sp³-hybridized carbons (Fsp3) is 0.350. The summed E-state index contributed by atoms with van der Waals surface area (Å²) in [5.74, 6) is 0.266. The second kappa shape index (κ2) is 9.97. The monoisotopic (exact) mass is 390 g/mol. The summed E-state index contributed by atoms with van der Waals surface area (Å²) in [6.07, 6.45) is 1.80. The first-order chi connectivity index (χ1) is 13.0. The second-order valence-electron chi connectivity index (χ2n) is 5.96. The van der Waals surface area contributed by atoms with Gasteiger partial charge in [-0.1, -0.05) is 31.5 Å². The molecule has 0 aromatic heterocycles. The van der Waals surface area contributed by atoms with E-state index in [0.29, 0.717) is 24.6 Å².